The third kappa shape index (κ3) is 3.04. The Hall–Kier alpha value is -2.56. The topological polar surface area (TPSA) is 94.7 Å². The van der Waals surface area contributed by atoms with Gasteiger partial charge < -0.3 is 14.4 Å². The monoisotopic (exact) mass is 438 g/mol. The third-order valence-corrected chi connectivity index (χ3v) is 7.10. The maximum atomic E-state index is 13.3. The fraction of sp³-hybridized carbons (Fsp3) is 0.476. The van der Waals surface area contributed by atoms with Gasteiger partial charge in [-0.15, -0.1) is 10.2 Å². The van der Waals surface area contributed by atoms with Crippen molar-refractivity contribution in [2.24, 2.45) is 0 Å². The van der Waals surface area contributed by atoms with E-state index in [9.17, 15) is 4.79 Å². The minimum Gasteiger partial charge on any atom is -0.373 e. The van der Waals surface area contributed by atoms with E-state index in [0.29, 0.717) is 19.4 Å². The average molecular weight is 439 g/mol. The predicted octanol–water partition coefficient (Wildman–Crippen LogP) is 2.38. The molecule has 2 saturated heterocycles. The van der Waals surface area contributed by atoms with Gasteiger partial charge in [0, 0.05) is 31.4 Å². The fourth-order valence-electron chi connectivity index (χ4n) is 4.90. The lowest BCUT2D eigenvalue weighted by Gasteiger charge is -2.42. The summed E-state index contributed by atoms with van der Waals surface area (Å²) in [5.41, 5.74) is 1.96. The first-order valence-electron chi connectivity index (χ1n) is 10.4. The lowest BCUT2D eigenvalue weighted by molar-refractivity contribution is -0.177. The van der Waals surface area contributed by atoms with Crippen LogP contribution in [-0.2, 0) is 20.9 Å². The Kier molecular flexibility index (Phi) is 4.48. The van der Waals surface area contributed by atoms with Gasteiger partial charge in [0.1, 0.15) is 6.23 Å². The molecule has 3 fully saturated rings. The quantitative estimate of drug-likeness (QED) is 0.561. The summed E-state index contributed by atoms with van der Waals surface area (Å²) >= 11 is 1.55. The van der Waals surface area contributed by atoms with Crippen molar-refractivity contribution in [2.75, 3.05) is 6.26 Å². The molecule has 5 heterocycles. The molecule has 1 amide bonds. The fourth-order valence-corrected chi connectivity index (χ4v) is 5.37. The number of rotatable bonds is 5. The standard InChI is InChI=1S/C21H22N6O3S/c1-31-20-25-24-17-4-2-13(11-26(17)20)12-29-14-8-21(9-14)19(28)27-16(3-5-18(27)30-21)15-10-22-6-7-23-15/h2,4,6-7,10-11,14,16,18H,3,5,8-9,12H2,1H3/t14?,16-,18?,21?/m0/s1. The van der Waals surface area contributed by atoms with Crippen molar-refractivity contribution >= 4 is 23.3 Å². The van der Waals surface area contributed by atoms with Crippen LogP contribution in [0.4, 0.5) is 0 Å². The maximum absolute atomic E-state index is 13.3. The predicted molar refractivity (Wildman–Crippen MR) is 111 cm³/mol. The molecule has 160 valence electrons. The van der Waals surface area contributed by atoms with Crippen LogP contribution in [0.15, 0.2) is 42.1 Å². The highest BCUT2D eigenvalue weighted by Gasteiger charge is 2.63. The molecule has 2 atom stereocenters. The van der Waals surface area contributed by atoms with Crippen LogP contribution in [0.25, 0.3) is 5.65 Å². The van der Waals surface area contributed by atoms with Gasteiger partial charge in [-0.2, -0.15) is 0 Å². The molecule has 0 bridgehead atoms. The van der Waals surface area contributed by atoms with E-state index in [-0.39, 0.29) is 24.3 Å². The number of thioether (sulfide) groups is 1. The molecular weight excluding hydrogens is 416 g/mol. The first-order valence-corrected chi connectivity index (χ1v) is 11.6. The highest BCUT2D eigenvalue weighted by atomic mass is 32.2. The lowest BCUT2D eigenvalue weighted by Crippen LogP contribution is -2.54. The molecule has 31 heavy (non-hydrogen) atoms. The smallest absolute Gasteiger partial charge is 0.257 e. The Morgan fingerprint density at radius 1 is 1.26 bits per heavy atom. The molecule has 1 aliphatic carbocycles. The maximum Gasteiger partial charge on any atom is 0.257 e. The number of hydrogen-bond acceptors (Lipinski definition) is 8. The zero-order chi connectivity index (χ0) is 21.0. The zero-order valence-corrected chi connectivity index (χ0v) is 17.9. The number of nitrogens with zero attached hydrogens (tertiary/aromatic N) is 6. The van der Waals surface area contributed by atoms with Gasteiger partial charge in [0.05, 0.1) is 30.6 Å². The minimum atomic E-state index is -0.736. The zero-order valence-electron chi connectivity index (χ0n) is 17.0. The molecule has 0 aromatic carbocycles. The van der Waals surface area contributed by atoms with Crippen molar-refractivity contribution in [1.82, 2.24) is 29.5 Å². The van der Waals surface area contributed by atoms with Gasteiger partial charge in [0.15, 0.2) is 16.4 Å². The van der Waals surface area contributed by atoms with Crippen molar-refractivity contribution in [1.29, 1.82) is 0 Å². The van der Waals surface area contributed by atoms with Crippen LogP contribution >= 0.6 is 11.8 Å². The third-order valence-electron chi connectivity index (χ3n) is 6.46. The Labute approximate surface area is 183 Å². The van der Waals surface area contributed by atoms with Gasteiger partial charge in [0.25, 0.3) is 5.91 Å². The van der Waals surface area contributed by atoms with Gasteiger partial charge in [-0.25, -0.2) is 0 Å². The number of amides is 1. The Balaban J connectivity index is 1.10. The van der Waals surface area contributed by atoms with Crippen molar-refractivity contribution in [3.63, 3.8) is 0 Å². The SMILES string of the molecule is CSc1nnc2ccc(COC3CC4(C3)OC3CC[C@@H](c5cnccn5)N3C4=O)cn12. The molecule has 2 aliphatic heterocycles. The summed E-state index contributed by atoms with van der Waals surface area (Å²) in [6, 6.07) is 3.89. The lowest BCUT2D eigenvalue weighted by atomic mass is 9.76. The summed E-state index contributed by atoms with van der Waals surface area (Å²) in [5.74, 6) is 0.0704. The molecule has 3 aliphatic rings. The van der Waals surface area contributed by atoms with Crippen LogP contribution < -0.4 is 0 Å². The number of ether oxygens (including phenoxy) is 2. The molecule has 3 aromatic rings. The molecule has 9 nitrogen and oxygen atoms in total. The van der Waals surface area contributed by atoms with Crippen LogP contribution in [-0.4, -0.2) is 59.6 Å². The molecule has 6 rings (SSSR count). The Morgan fingerprint density at radius 3 is 2.97 bits per heavy atom. The average Bonchev–Trinajstić information content (AvgIpc) is 3.45. The molecule has 1 spiro atoms. The highest BCUT2D eigenvalue weighted by molar-refractivity contribution is 7.98. The van der Waals surface area contributed by atoms with Crippen LogP contribution in [0.1, 0.15) is 43.0 Å². The van der Waals surface area contributed by atoms with Gasteiger partial charge in [-0.1, -0.05) is 17.8 Å². The number of pyridine rings is 1. The molecule has 10 heteroatoms. The van der Waals surface area contributed by atoms with Gasteiger partial charge in [-0.05, 0) is 30.7 Å². The first kappa shape index (κ1) is 19.1. The second-order valence-corrected chi connectivity index (χ2v) is 9.07. The summed E-state index contributed by atoms with van der Waals surface area (Å²) in [6.07, 6.45) is 11.8. The summed E-state index contributed by atoms with van der Waals surface area (Å²) < 4.78 is 14.3. The molecule has 1 unspecified atom stereocenters. The van der Waals surface area contributed by atoms with E-state index in [2.05, 4.69) is 20.2 Å². The van der Waals surface area contributed by atoms with Crippen molar-refractivity contribution < 1.29 is 14.3 Å². The molecule has 3 aromatic heterocycles. The van der Waals surface area contributed by atoms with E-state index in [1.807, 2.05) is 33.9 Å². The Morgan fingerprint density at radius 2 is 2.16 bits per heavy atom. The van der Waals surface area contributed by atoms with E-state index in [1.165, 1.54) is 0 Å². The van der Waals surface area contributed by atoms with E-state index in [4.69, 9.17) is 9.47 Å². The van der Waals surface area contributed by atoms with Gasteiger partial charge in [-0.3, -0.25) is 19.2 Å². The summed E-state index contributed by atoms with van der Waals surface area (Å²) in [4.78, 5) is 23.7. The minimum absolute atomic E-state index is 0.00979. The van der Waals surface area contributed by atoms with Gasteiger partial charge in [0.2, 0.25) is 0 Å². The summed E-state index contributed by atoms with van der Waals surface area (Å²) in [5, 5.41) is 9.16. The van der Waals surface area contributed by atoms with Crippen LogP contribution in [0.2, 0.25) is 0 Å². The number of carbonyl (C=O) groups is 1. The van der Waals surface area contributed by atoms with Gasteiger partial charge >= 0.3 is 0 Å². The van der Waals surface area contributed by atoms with Crippen LogP contribution in [0.3, 0.4) is 0 Å². The second kappa shape index (κ2) is 7.25. The largest absolute Gasteiger partial charge is 0.373 e. The Bertz CT molecular complexity index is 1130. The first-order chi connectivity index (χ1) is 15.2. The van der Waals surface area contributed by atoms with Crippen LogP contribution in [0, 0.1) is 0 Å². The van der Waals surface area contributed by atoms with E-state index < -0.39 is 5.60 Å². The number of aromatic nitrogens is 5. The molecule has 1 saturated carbocycles. The van der Waals surface area contributed by atoms with Crippen molar-refractivity contribution in [2.45, 2.75) is 61.4 Å². The highest BCUT2D eigenvalue weighted by Crippen LogP contribution is 2.51. The number of fused-ring (bicyclic) bond motifs is 2. The van der Waals surface area contributed by atoms with E-state index in [1.54, 1.807) is 30.4 Å². The molecular formula is C21H22N6O3S. The van der Waals surface area contributed by atoms with Crippen molar-refractivity contribution in [3.8, 4) is 0 Å². The number of hydrogen-bond donors (Lipinski definition) is 0. The molecule has 0 radical (unpaired) electrons. The van der Waals surface area contributed by atoms with E-state index >= 15 is 0 Å². The van der Waals surface area contributed by atoms with Crippen molar-refractivity contribution in [3.05, 3.63) is 48.2 Å². The number of carbonyl (C=O) groups excluding carboxylic acids is 1. The normalized spacial score (nSPS) is 29.6. The second-order valence-electron chi connectivity index (χ2n) is 8.30. The van der Waals surface area contributed by atoms with E-state index in [0.717, 1.165) is 34.9 Å². The molecule has 0 N–H and O–H groups in total. The summed E-state index contributed by atoms with van der Waals surface area (Å²) in [7, 11) is 0. The van der Waals surface area contributed by atoms with Crippen LogP contribution in [0.5, 0.6) is 0 Å². The summed E-state index contributed by atoms with van der Waals surface area (Å²) in [6.45, 7) is 0.478.